The number of nitrogens with one attached hydrogen (secondary N) is 1. The molecule has 19 heavy (non-hydrogen) atoms. The molecule has 0 bridgehead atoms. The smallest absolute Gasteiger partial charge is 0.247 e. The van der Waals surface area contributed by atoms with Crippen molar-refractivity contribution in [2.75, 3.05) is 16.5 Å². The predicted octanol–water partition coefficient (Wildman–Crippen LogP) is 0.784. The van der Waals surface area contributed by atoms with Crippen LogP contribution in [0.3, 0.4) is 0 Å². The molecule has 0 spiro atoms. The van der Waals surface area contributed by atoms with Gasteiger partial charge in [-0.25, -0.2) is 8.42 Å². The van der Waals surface area contributed by atoms with E-state index < -0.39 is 15.9 Å². The van der Waals surface area contributed by atoms with Crippen molar-refractivity contribution in [3.63, 3.8) is 0 Å². The zero-order valence-corrected chi connectivity index (χ0v) is 11.6. The topological polar surface area (TPSA) is 83.6 Å². The van der Waals surface area contributed by atoms with Crippen LogP contribution in [0.25, 0.3) is 0 Å². The van der Waals surface area contributed by atoms with E-state index in [0.29, 0.717) is 11.4 Å². The van der Waals surface area contributed by atoms with Crippen molar-refractivity contribution in [1.29, 1.82) is 0 Å². The number of carbonyl (C=O) groups is 2. The Morgan fingerprint density at radius 2 is 2.00 bits per heavy atom. The Balaban J connectivity index is 2.61. The molecule has 2 rings (SSSR count). The van der Waals surface area contributed by atoms with Gasteiger partial charge in [-0.3, -0.25) is 14.5 Å². The minimum Gasteiger partial charge on any atom is -0.322 e. The van der Waals surface area contributed by atoms with Gasteiger partial charge >= 0.3 is 0 Å². The van der Waals surface area contributed by atoms with E-state index in [0.717, 1.165) is 6.26 Å². The summed E-state index contributed by atoms with van der Waals surface area (Å²) in [7, 11) is -3.36. The third-order valence-corrected chi connectivity index (χ3v) is 4.13. The lowest BCUT2D eigenvalue weighted by Gasteiger charge is -2.33. The van der Waals surface area contributed by atoms with Gasteiger partial charge in [-0.15, -0.1) is 0 Å². The van der Waals surface area contributed by atoms with Crippen LogP contribution in [0.5, 0.6) is 0 Å². The highest BCUT2D eigenvalue weighted by Gasteiger charge is 2.32. The predicted molar refractivity (Wildman–Crippen MR) is 70.8 cm³/mol. The minimum absolute atomic E-state index is 0.101. The lowest BCUT2D eigenvalue weighted by Crippen LogP contribution is -2.48. The van der Waals surface area contributed by atoms with Gasteiger partial charge in [0, 0.05) is 13.2 Å². The highest BCUT2D eigenvalue weighted by Crippen LogP contribution is 2.34. The average Bonchev–Trinajstić information content (AvgIpc) is 2.28. The average molecular weight is 282 g/mol. The van der Waals surface area contributed by atoms with Crippen LogP contribution in [-0.2, 0) is 19.4 Å². The van der Waals surface area contributed by atoms with Crippen LogP contribution in [0.15, 0.2) is 23.1 Å². The largest absolute Gasteiger partial charge is 0.322 e. The zero-order valence-electron chi connectivity index (χ0n) is 10.8. The molecule has 2 amide bonds. The third kappa shape index (κ3) is 2.33. The molecular formula is C12H14N2O4S. The van der Waals surface area contributed by atoms with Crippen molar-refractivity contribution in [2.45, 2.75) is 24.8 Å². The third-order valence-electron chi connectivity index (χ3n) is 3.02. The molecule has 1 aliphatic heterocycles. The van der Waals surface area contributed by atoms with Gasteiger partial charge in [-0.05, 0) is 25.1 Å². The summed E-state index contributed by atoms with van der Waals surface area (Å²) in [5, 5.41) is 2.61. The monoisotopic (exact) mass is 282 g/mol. The number of sulfone groups is 1. The van der Waals surface area contributed by atoms with Crippen LogP contribution >= 0.6 is 0 Å². The summed E-state index contributed by atoms with van der Waals surface area (Å²) in [5.41, 5.74) is 0.841. The van der Waals surface area contributed by atoms with E-state index in [-0.39, 0.29) is 16.7 Å². The molecule has 1 atom stereocenters. The summed E-state index contributed by atoms with van der Waals surface area (Å²) in [6.45, 7) is 2.98. The van der Waals surface area contributed by atoms with E-state index in [1.165, 1.54) is 30.0 Å². The number of hydrogen-bond acceptors (Lipinski definition) is 4. The van der Waals surface area contributed by atoms with Gasteiger partial charge in [-0.1, -0.05) is 0 Å². The molecule has 1 heterocycles. The molecule has 1 aliphatic rings. The van der Waals surface area contributed by atoms with E-state index in [1.54, 1.807) is 6.92 Å². The molecule has 1 unspecified atom stereocenters. The first kappa shape index (κ1) is 13.5. The first-order valence-electron chi connectivity index (χ1n) is 5.66. The zero-order chi connectivity index (χ0) is 14.4. The Morgan fingerprint density at radius 3 is 2.53 bits per heavy atom. The Hall–Kier alpha value is -1.89. The molecule has 0 radical (unpaired) electrons. The van der Waals surface area contributed by atoms with Crippen molar-refractivity contribution in [3.8, 4) is 0 Å². The molecular weight excluding hydrogens is 268 g/mol. The van der Waals surface area contributed by atoms with Gasteiger partial charge < -0.3 is 5.32 Å². The Morgan fingerprint density at radius 1 is 1.37 bits per heavy atom. The summed E-state index contributed by atoms with van der Waals surface area (Å²) in [5.74, 6) is -0.607. The normalized spacial score (nSPS) is 18.8. The quantitative estimate of drug-likeness (QED) is 0.825. The summed E-state index contributed by atoms with van der Waals surface area (Å²) >= 11 is 0. The number of nitrogens with zero attached hydrogens (tertiary/aromatic N) is 1. The van der Waals surface area contributed by atoms with Crippen LogP contribution in [0.4, 0.5) is 11.4 Å². The Kier molecular flexibility index (Phi) is 3.09. The molecule has 7 heteroatoms. The minimum atomic E-state index is -3.36. The molecule has 102 valence electrons. The summed E-state index contributed by atoms with van der Waals surface area (Å²) < 4.78 is 23.0. The van der Waals surface area contributed by atoms with Crippen molar-refractivity contribution >= 4 is 33.0 Å². The van der Waals surface area contributed by atoms with Gasteiger partial charge in [0.1, 0.15) is 6.04 Å². The number of rotatable bonds is 1. The maximum absolute atomic E-state index is 11.8. The number of anilines is 2. The number of carbonyl (C=O) groups excluding carboxylic acids is 2. The summed E-state index contributed by atoms with van der Waals surface area (Å²) in [6, 6.07) is 3.70. The van der Waals surface area contributed by atoms with E-state index in [4.69, 9.17) is 0 Å². The lowest BCUT2D eigenvalue weighted by molar-refractivity contribution is -0.122. The SMILES string of the molecule is CC(=O)N1c2ccc(S(C)(=O)=O)cc2NC(=O)C1C. The van der Waals surface area contributed by atoms with E-state index in [1.807, 2.05) is 0 Å². The molecule has 1 aromatic carbocycles. The lowest BCUT2D eigenvalue weighted by atomic mass is 10.1. The van der Waals surface area contributed by atoms with Gasteiger partial charge in [0.05, 0.1) is 16.3 Å². The molecule has 0 saturated carbocycles. The molecule has 1 aromatic rings. The maximum Gasteiger partial charge on any atom is 0.247 e. The molecule has 0 aromatic heterocycles. The Bertz CT molecular complexity index is 666. The van der Waals surface area contributed by atoms with Crippen molar-refractivity contribution < 1.29 is 18.0 Å². The first-order chi connectivity index (χ1) is 8.71. The van der Waals surface area contributed by atoms with E-state index in [9.17, 15) is 18.0 Å². The highest BCUT2D eigenvalue weighted by atomic mass is 32.2. The fourth-order valence-electron chi connectivity index (χ4n) is 2.06. The van der Waals surface area contributed by atoms with E-state index >= 15 is 0 Å². The molecule has 0 aliphatic carbocycles. The number of fused-ring (bicyclic) bond motifs is 1. The molecule has 0 fully saturated rings. The highest BCUT2D eigenvalue weighted by molar-refractivity contribution is 7.90. The number of amides is 2. The second-order valence-electron chi connectivity index (χ2n) is 4.51. The molecule has 0 saturated heterocycles. The Labute approximate surface area is 111 Å². The number of hydrogen-bond donors (Lipinski definition) is 1. The first-order valence-corrected chi connectivity index (χ1v) is 7.55. The fourth-order valence-corrected chi connectivity index (χ4v) is 2.71. The van der Waals surface area contributed by atoms with Crippen LogP contribution in [0.1, 0.15) is 13.8 Å². The fraction of sp³-hybridized carbons (Fsp3) is 0.333. The van der Waals surface area contributed by atoms with E-state index in [2.05, 4.69) is 5.32 Å². The maximum atomic E-state index is 11.8. The second kappa shape index (κ2) is 4.34. The van der Waals surface area contributed by atoms with Crippen molar-refractivity contribution in [1.82, 2.24) is 0 Å². The standard InChI is InChI=1S/C12H14N2O4S/c1-7-12(16)13-10-6-9(19(3,17)18)4-5-11(10)14(7)8(2)15/h4-7H,1-3H3,(H,13,16). The van der Waals surface area contributed by atoms with Crippen LogP contribution in [0, 0.1) is 0 Å². The van der Waals surface area contributed by atoms with Crippen LogP contribution in [-0.4, -0.2) is 32.5 Å². The van der Waals surface area contributed by atoms with Crippen LogP contribution < -0.4 is 10.2 Å². The van der Waals surface area contributed by atoms with Gasteiger partial charge in [0.2, 0.25) is 11.8 Å². The van der Waals surface area contributed by atoms with Crippen molar-refractivity contribution in [3.05, 3.63) is 18.2 Å². The van der Waals surface area contributed by atoms with Gasteiger partial charge in [-0.2, -0.15) is 0 Å². The van der Waals surface area contributed by atoms with Crippen LogP contribution in [0.2, 0.25) is 0 Å². The summed E-state index contributed by atoms with van der Waals surface area (Å²) in [6.07, 6.45) is 1.09. The van der Waals surface area contributed by atoms with Gasteiger partial charge in [0.25, 0.3) is 0 Å². The van der Waals surface area contributed by atoms with Crippen molar-refractivity contribution in [2.24, 2.45) is 0 Å². The second-order valence-corrected chi connectivity index (χ2v) is 6.52. The number of benzene rings is 1. The molecule has 1 N–H and O–H groups in total. The summed E-state index contributed by atoms with van der Waals surface area (Å²) in [4.78, 5) is 24.9. The molecule has 6 nitrogen and oxygen atoms in total. The van der Waals surface area contributed by atoms with Gasteiger partial charge in [0.15, 0.2) is 9.84 Å².